The molecule has 1 atom stereocenters. The van der Waals surface area contributed by atoms with Crippen LogP contribution in [-0.4, -0.2) is 37.8 Å². The molecule has 8 nitrogen and oxygen atoms in total. The Hall–Kier alpha value is -7.32. The molecule has 1 unspecified atom stereocenters. The number of nitrogens with two attached hydrogens (primary N) is 1. The summed E-state index contributed by atoms with van der Waals surface area (Å²) >= 11 is 0. The van der Waals surface area contributed by atoms with Crippen LogP contribution in [0.2, 0.25) is 0 Å². The Bertz CT molecular complexity index is 2970. The van der Waals surface area contributed by atoms with Crippen LogP contribution < -0.4 is 11.2 Å². The molecule has 3 N–H and O–H groups in total. The number of aromatic nitrogens is 4. The van der Waals surface area contributed by atoms with Crippen molar-refractivity contribution in [2.45, 2.75) is 12.6 Å². The third kappa shape index (κ3) is 5.72. The van der Waals surface area contributed by atoms with E-state index in [0.29, 0.717) is 5.84 Å². The van der Waals surface area contributed by atoms with Crippen molar-refractivity contribution in [3.05, 3.63) is 175 Å². The van der Waals surface area contributed by atoms with Crippen LogP contribution in [0.4, 0.5) is 0 Å². The van der Waals surface area contributed by atoms with Gasteiger partial charge < -0.3 is 10.3 Å². The van der Waals surface area contributed by atoms with Gasteiger partial charge in [-0.05, 0) is 64.6 Å². The van der Waals surface area contributed by atoms with Gasteiger partial charge >= 0.3 is 0 Å². The van der Waals surface area contributed by atoms with Gasteiger partial charge in [0.15, 0.2) is 11.8 Å². The Morgan fingerprint density at radius 1 is 0.691 bits per heavy atom. The largest absolute Gasteiger partial charge is 0.383 e. The Labute approximate surface area is 317 Å². The quantitative estimate of drug-likeness (QED) is 0.121. The number of hydrogen-bond donors (Lipinski definition) is 2. The number of allylic oxidation sites excluding steroid dienone is 1. The highest BCUT2D eigenvalue weighted by atomic mass is 15.5. The normalized spacial score (nSPS) is 13.8. The molecule has 9 aromatic rings. The van der Waals surface area contributed by atoms with E-state index in [9.17, 15) is 0 Å². The van der Waals surface area contributed by atoms with Gasteiger partial charge in [0.25, 0.3) is 0 Å². The summed E-state index contributed by atoms with van der Waals surface area (Å²) in [4.78, 5) is 19.9. The molecule has 8 heteroatoms. The minimum atomic E-state index is -0.582. The summed E-state index contributed by atoms with van der Waals surface area (Å²) in [5.74, 6) is 0.422. The molecule has 55 heavy (non-hydrogen) atoms. The number of fused-ring (bicyclic) bond motifs is 7. The second-order valence-electron chi connectivity index (χ2n) is 13.7. The van der Waals surface area contributed by atoms with Crippen LogP contribution in [0.5, 0.6) is 0 Å². The number of rotatable bonds is 8. The maximum absolute atomic E-state index is 6.96. The summed E-state index contributed by atoms with van der Waals surface area (Å²) in [5.41, 5.74) is 22.7. The molecule has 0 saturated carbocycles. The molecule has 0 spiro atoms. The van der Waals surface area contributed by atoms with Crippen LogP contribution in [0.3, 0.4) is 0 Å². The third-order valence-electron chi connectivity index (χ3n) is 10.4. The number of dihydropyridines is 1. The van der Waals surface area contributed by atoms with Gasteiger partial charge in [0.1, 0.15) is 5.84 Å². The van der Waals surface area contributed by atoms with Gasteiger partial charge in [-0.1, -0.05) is 121 Å². The minimum Gasteiger partial charge on any atom is -0.383 e. The number of nitrogens with zero attached hydrogens (tertiary/aromatic N) is 6. The number of nitrogens with one attached hydrogen (secondary N) is 1. The number of pyridine rings is 2. The first kappa shape index (κ1) is 32.3. The Morgan fingerprint density at radius 2 is 1.40 bits per heavy atom. The Balaban J connectivity index is 1.18. The molecule has 5 heterocycles. The molecule has 264 valence electrons. The van der Waals surface area contributed by atoms with Crippen molar-refractivity contribution in [2.75, 3.05) is 12.0 Å². The second-order valence-corrected chi connectivity index (χ2v) is 13.7. The zero-order valence-corrected chi connectivity index (χ0v) is 29.9. The topological polar surface area (TPSA) is 98.4 Å². The van der Waals surface area contributed by atoms with Crippen molar-refractivity contribution in [1.82, 2.24) is 19.2 Å². The van der Waals surface area contributed by atoms with E-state index < -0.39 is 6.17 Å². The van der Waals surface area contributed by atoms with E-state index in [-0.39, 0.29) is 0 Å². The first-order valence-corrected chi connectivity index (χ1v) is 18.5. The van der Waals surface area contributed by atoms with E-state index >= 15 is 0 Å². The van der Waals surface area contributed by atoms with Gasteiger partial charge in [-0.3, -0.25) is 15.4 Å². The zero-order valence-electron chi connectivity index (χ0n) is 29.9. The molecule has 10 rings (SSSR count). The van der Waals surface area contributed by atoms with E-state index in [1.165, 1.54) is 0 Å². The highest BCUT2D eigenvalue weighted by Crippen LogP contribution is 2.39. The lowest BCUT2D eigenvalue weighted by atomic mass is 10.0. The van der Waals surface area contributed by atoms with Gasteiger partial charge in [-0.25, -0.2) is 14.7 Å². The van der Waals surface area contributed by atoms with E-state index in [1.54, 1.807) is 0 Å². The van der Waals surface area contributed by atoms with E-state index in [0.717, 1.165) is 95.9 Å². The number of amidine groups is 1. The van der Waals surface area contributed by atoms with Crippen molar-refractivity contribution in [3.8, 4) is 22.3 Å². The first-order chi connectivity index (χ1) is 27.2. The lowest BCUT2D eigenvalue weighted by molar-refractivity contribution is 0.724. The van der Waals surface area contributed by atoms with Crippen molar-refractivity contribution < 1.29 is 0 Å². The fourth-order valence-electron chi connectivity index (χ4n) is 7.78. The summed E-state index contributed by atoms with van der Waals surface area (Å²) in [6, 6.07) is 49.9. The van der Waals surface area contributed by atoms with Gasteiger partial charge in [0.05, 0.1) is 33.2 Å². The Kier molecular flexibility index (Phi) is 7.99. The molecule has 0 saturated heterocycles. The van der Waals surface area contributed by atoms with Crippen LogP contribution in [-0.2, 0) is 0 Å². The average molecular weight is 713 g/mol. The zero-order chi connectivity index (χ0) is 36.7. The summed E-state index contributed by atoms with van der Waals surface area (Å²) < 4.78 is 4.36. The maximum atomic E-state index is 6.96. The lowest BCUT2D eigenvalue weighted by Crippen LogP contribution is -2.24. The van der Waals surface area contributed by atoms with Crippen LogP contribution in [0.15, 0.2) is 174 Å². The summed E-state index contributed by atoms with van der Waals surface area (Å²) in [6.45, 7) is 0.784. The van der Waals surface area contributed by atoms with Crippen LogP contribution in [0.1, 0.15) is 23.7 Å². The van der Waals surface area contributed by atoms with Crippen molar-refractivity contribution >= 4 is 61.6 Å². The monoisotopic (exact) mass is 712 g/mol. The minimum absolute atomic E-state index is 0.422. The van der Waals surface area contributed by atoms with Crippen molar-refractivity contribution in [2.24, 2.45) is 15.7 Å². The third-order valence-corrected chi connectivity index (χ3v) is 10.4. The van der Waals surface area contributed by atoms with Crippen LogP contribution >= 0.6 is 0 Å². The molecule has 1 aliphatic heterocycles. The molecular formula is C47H36N8. The molecule has 5 aromatic carbocycles. The average Bonchev–Trinajstić information content (AvgIpc) is 3.77. The Morgan fingerprint density at radius 3 is 2.18 bits per heavy atom. The van der Waals surface area contributed by atoms with Gasteiger partial charge in [-0.15, -0.1) is 0 Å². The second kappa shape index (κ2) is 13.6. The van der Waals surface area contributed by atoms with Gasteiger partial charge in [0, 0.05) is 41.5 Å². The summed E-state index contributed by atoms with van der Waals surface area (Å²) in [5, 5.41) is 3.06. The number of benzene rings is 5. The highest BCUT2D eigenvalue weighted by Gasteiger charge is 2.24. The highest BCUT2D eigenvalue weighted by molar-refractivity contribution is 6.26. The number of aliphatic imine (C=N–C) groups is 2. The van der Waals surface area contributed by atoms with E-state index in [1.807, 2.05) is 61.1 Å². The molecule has 0 amide bonds. The lowest BCUT2D eigenvalue weighted by Gasteiger charge is -2.20. The van der Waals surface area contributed by atoms with E-state index in [4.69, 9.17) is 20.7 Å². The molecule has 0 fully saturated rings. The predicted molar refractivity (Wildman–Crippen MR) is 227 cm³/mol. The van der Waals surface area contributed by atoms with E-state index in [2.05, 4.69) is 129 Å². The number of para-hydroxylation sites is 1. The standard InChI is InChI=1S/C47H36N8/c48-45(35-19-9-17-33(27-35)31-13-3-1-4-14-31)52-46(36-20-10-18-34(28-36)32-15-5-2-6-16-32)53-55-40-23-8-7-22-38(40)42-44-39(30-51-47(42)55)43-41(24-12-26-50-43)54(44)37-21-11-25-49-29-37/h1-10,12-24,26-30,46,53H,11,25H2,(H2,48,52). The molecular weight excluding hydrogens is 677 g/mol. The van der Waals surface area contributed by atoms with Crippen LogP contribution in [0, 0.1) is 0 Å². The molecule has 0 bridgehead atoms. The van der Waals surface area contributed by atoms with Gasteiger partial charge in [-0.2, -0.15) is 0 Å². The summed E-state index contributed by atoms with van der Waals surface area (Å²) in [7, 11) is 0. The molecule has 4 aromatic heterocycles. The van der Waals surface area contributed by atoms with Crippen molar-refractivity contribution in [1.29, 1.82) is 0 Å². The van der Waals surface area contributed by atoms with Crippen molar-refractivity contribution in [3.63, 3.8) is 0 Å². The SMILES string of the molecule is N/C(=N\C(Nn1c2ccccc2c2c1ncc1c3ncccc3n(C3=CCCN=C3)c12)c1cccc(-c2ccccc2)c1)c1cccc(-c2ccccc2)c1. The molecule has 1 aliphatic rings. The fourth-order valence-corrected chi connectivity index (χ4v) is 7.78. The first-order valence-electron chi connectivity index (χ1n) is 18.5. The fraction of sp³-hybridized carbons (Fsp3) is 0.0638. The predicted octanol–water partition coefficient (Wildman–Crippen LogP) is 9.99. The van der Waals surface area contributed by atoms with Crippen LogP contribution in [0.25, 0.3) is 71.8 Å². The smallest absolute Gasteiger partial charge is 0.161 e. The molecule has 0 radical (unpaired) electrons. The maximum Gasteiger partial charge on any atom is 0.161 e. The van der Waals surface area contributed by atoms with Gasteiger partial charge in [0.2, 0.25) is 0 Å². The molecule has 0 aliphatic carbocycles. The summed E-state index contributed by atoms with van der Waals surface area (Å²) in [6.07, 6.45) is 8.31. The number of hydrogen-bond acceptors (Lipinski definition) is 5.